The van der Waals surface area contributed by atoms with Crippen LogP contribution in [0, 0.1) is 0 Å². The molecule has 1 aromatic rings. The van der Waals surface area contributed by atoms with Crippen LogP contribution in [0.1, 0.15) is 52.3 Å². The van der Waals surface area contributed by atoms with Crippen LogP contribution in [0.2, 0.25) is 0 Å². The SMILES string of the molecule is CCC(C)n1ccc(CC(=O)C(C)(O)CC)n1. The van der Waals surface area contributed by atoms with E-state index in [0.717, 1.165) is 12.1 Å². The van der Waals surface area contributed by atoms with Gasteiger partial charge in [-0.3, -0.25) is 9.48 Å². The summed E-state index contributed by atoms with van der Waals surface area (Å²) in [5, 5.41) is 14.2. The average molecular weight is 238 g/mol. The minimum atomic E-state index is -1.24. The van der Waals surface area contributed by atoms with Crippen molar-refractivity contribution in [2.45, 2.75) is 58.6 Å². The summed E-state index contributed by atoms with van der Waals surface area (Å²) in [6.07, 6.45) is 3.52. The number of hydrogen-bond donors (Lipinski definition) is 1. The molecule has 0 aliphatic carbocycles. The van der Waals surface area contributed by atoms with E-state index in [-0.39, 0.29) is 12.2 Å². The molecule has 0 bridgehead atoms. The molecule has 0 radical (unpaired) electrons. The molecule has 0 aliphatic rings. The average Bonchev–Trinajstić information content (AvgIpc) is 2.76. The molecule has 4 nitrogen and oxygen atoms in total. The quantitative estimate of drug-likeness (QED) is 0.826. The molecule has 1 aromatic heterocycles. The van der Waals surface area contributed by atoms with Gasteiger partial charge in [-0.25, -0.2) is 0 Å². The summed E-state index contributed by atoms with van der Waals surface area (Å²) in [6, 6.07) is 2.18. The molecule has 1 rings (SSSR count). The summed E-state index contributed by atoms with van der Waals surface area (Å²) in [5.74, 6) is -0.172. The van der Waals surface area contributed by atoms with Crippen LogP contribution in [0.25, 0.3) is 0 Å². The lowest BCUT2D eigenvalue weighted by Gasteiger charge is -2.18. The Balaban J connectivity index is 2.70. The van der Waals surface area contributed by atoms with Crippen molar-refractivity contribution in [2.75, 3.05) is 0 Å². The Morgan fingerprint density at radius 3 is 2.76 bits per heavy atom. The largest absolute Gasteiger partial charge is 0.382 e. The molecule has 2 atom stereocenters. The lowest BCUT2D eigenvalue weighted by atomic mass is 9.95. The fourth-order valence-corrected chi connectivity index (χ4v) is 1.46. The fraction of sp³-hybridized carbons (Fsp3) is 0.692. The molecule has 1 N–H and O–H groups in total. The van der Waals surface area contributed by atoms with Crippen LogP contribution in [-0.4, -0.2) is 26.3 Å². The Hall–Kier alpha value is -1.16. The van der Waals surface area contributed by atoms with Crippen molar-refractivity contribution in [3.8, 4) is 0 Å². The van der Waals surface area contributed by atoms with Crippen LogP contribution in [0.15, 0.2) is 12.3 Å². The lowest BCUT2D eigenvalue weighted by molar-refractivity contribution is -0.135. The summed E-state index contributed by atoms with van der Waals surface area (Å²) in [5.41, 5.74) is -0.510. The zero-order valence-electron chi connectivity index (χ0n) is 11.1. The second-order valence-electron chi connectivity index (χ2n) is 4.77. The van der Waals surface area contributed by atoms with E-state index in [4.69, 9.17) is 0 Å². The van der Waals surface area contributed by atoms with E-state index in [1.165, 1.54) is 0 Å². The van der Waals surface area contributed by atoms with Crippen molar-refractivity contribution in [2.24, 2.45) is 0 Å². The van der Waals surface area contributed by atoms with E-state index in [2.05, 4.69) is 18.9 Å². The number of carbonyl (C=O) groups is 1. The molecule has 0 amide bonds. The van der Waals surface area contributed by atoms with Crippen LogP contribution < -0.4 is 0 Å². The van der Waals surface area contributed by atoms with Crippen molar-refractivity contribution >= 4 is 5.78 Å². The van der Waals surface area contributed by atoms with Crippen LogP contribution in [-0.2, 0) is 11.2 Å². The van der Waals surface area contributed by atoms with Gasteiger partial charge in [0.1, 0.15) is 5.60 Å². The predicted octanol–water partition coefficient (Wildman–Crippen LogP) is 2.13. The number of aliphatic hydroxyl groups is 1. The number of rotatable bonds is 6. The number of ketones is 1. The van der Waals surface area contributed by atoms with Crippen LogP contribution >= 0.6 is 0 Å². The Labute approximate surface area is 103 Å². The van der Waals surface area contributed by atoms with Gasteiger partial charge in [0.2, 0.25) is 0 Å². The molecule has 0 saturated heterocycles. The highest BCUT2D eigenvalue weighted by atomic mass is 16.3. The first-order chi connectivity index (χ1) is 7.90. The monoisotopic (exact) mass is 238 g/mol. The third-order valence-corrected chi connectivity index (χ3v) is 3.34. The van der Waals surface area contributed by atoms with Gasteiger partial charge in [0, 0.05) is 12.2 Å². The van der Waals surface area contributed by atoms with Gasteiger partial charge in [0.05, 0.1) is 12.1 Å². The molecule has 2 unspecified atom stereocenters. The van der Waals surface area contributed by atoms with Gasteiger partial charge < -0.3 is 5.11 Å². The molecule has 96 valence electrons. The van der Waals surface area contributed by atoms with Crippen molar-refractivity contribution in [3.05, 3.63) is 18.0 Å². The third-order valence-electron chi connectivity index (χ3n) is 3.34. The minimum absolute atomic E-state index is 0.172. The van der Waals surface area contributed by atoms with Gasteiger partial charge in [0.15, 0.2) is 5.78 Å². The number of carbonyl (C=O) groups excluding carboxylic acids is 1. The Bertz CT molecular complexity index is 383. The van der Waals surface area contributed by atoms with E-state index < -0.39 is 5.60 Å². The minimum Gasteiger partial charge on any atom is -0.382 e. The van der Waals surface area contributed by atoms with Crippen molar-refractivity contribution in [1.82, 2.24) is 9.78 Å². The maximum atomic E-state index is 11.8. The molecule has 4 heteroatoms. The van der Waals surface area contributed by atoms with Crippen LogP contribution in [0.4, 0.5) is 0 Å². The molecule has 1 heterocycles. The standard InChI is InChI=1S/C13H22N2O2/c1-5-10(3)15-8-7-11(14-15)9-12(16)13(4,17)6-2/h7-8,10,17H,5-6,9H2,1-4H3. The van der Waals surface area contributed by atoms with E-state index in [9.17, 15) is 9.90 Å². The second-order valence-corrected chi connectivity index (χ2v) is 4.77. The zero-order chi connectivity index (χ0) is 13.1. The van der Waals surface area contributed by atoms with Gasteiger partial charge in [-0.15, -0.1) is 0 Å². The number of hydrogen-bond acceptors (Lipinski definition) is 3. The molecule has 0 fully saturated rings. The van der Waals surface area contributed by atoms with E-state index in [1.807, 2.05) is 16.9 Å². The lowest BCUT2D eigenvalue weighted by Crippen LogP contribution is -2.35. The number of Topliss-reactive ketones (excluding diaryl/α,β-unsaturated/α-hetero) is 1. The van der Waals surface area contributed by atoms with E-state index in [1.54, 1.807) is 13.8 Å². The molecule has 0 spiro atoms. The highest BCUT2D eigenvalue weighted by Gasteiger charge is 2.28. The summed E-state index contributed by atoms with van der Waals surface area (Å²) >= 11 is 0. The molecule has 0 saturated carbocycles. The molecule has 0 aromatic carbocycles. The van der Waals surface area contributed by atoms with E-state index >= 15 is 0 Å². The van der Waals surface area contributed by atoms with Crippen LogP contribution in [0.5, 0.6) is 0 Å². The predicted molar refractivity (Wildman–Crippen MR) is 66.9 cm³/mol. The summed E-state index contributed by atoms with van der Waals surface area (Å²) in [7, 11) is 0. The van der Waals surface area contributed by atoms with Gasteiger partial charge in [0.25, 0.3) is 0 Å². The zero-order valence-corrected chi connectivity index (χ0v) is 11.1. The normalized spacial score (nSPS) is 16.5. The fourth-order valence-electron chi connectivity index (χ4n) is 1.46. The van der Waals surface area contributed by atoms with Crippen molar-refractivity contribution in [3.63, 3.8) is 0 Å². The second kappa shape index (κ2) is 5.45. The number of aromatic nitrogens is 2. The number of nitrogens with zero attached hydrogens (tertiary/aromatic N) is 2. The van der Waals surface area contributed by atoms with Gasteiger partial charge in [-0.05, 0) is 32.8 Å². The van der Waals surface area contributed by atoms with Crippen LogP contribution in [0.3, 0.4) is 0 Å². The third kappa shape index (κ3) is 3.40. The molecular formula is C13H22N2O2. The van der Waals surface area contributed by atoms with Gasteiger partial charge in [-0.1, -0.05) is 13.8 Å². The van der Waals surface area contributed by atoms with Crippen molar-refractivity contribution < 1.29 is 9.90 Å². The van der Waals surface area contributed by atoms with Gasteiger partial charge in [-0.2, -0.15) is 5.10 Å². The molecule has 0 aliphatic heterocycles. The maximum Gasteiger partial charge on any atom is 0.170 e. The highest BCUT2D eigenvalue weighted by molar-refractivity contribution is 5.88. The Morgan fingerprint density at radius 2 is 2.24 bits per heavy atom. The smallest absolute Gasteiger partial charge is 0.170 e. The summed E-state index contributed by atoms with van der Waals surface area (Å²) in [4.78, 5) is 11.8. The highest BCUT2D eigenvalue weighted by Crippen LogP contribution is 2.14. The summed E-state index contributed by atoms with van der Waals surface area (Å²) < 4.78 is 1.86. The van der Waals surface area contributed by atoms with E-state index in [0.29, 0.717) is 12.5 Å². The molecular weight excluding hydrogens is 216 g/mol. The Kier molecular flexibility index (Phi) is 4.46. The first-order valence-electron chi connectivity index (χ1n) is 6.20. The van der Waals surface area contributed by atoms with Crippen molar-refractivity contribution in [1.29, 1.82) is 0 Å². The first kappa shape index (κ1) is 13.9. The topological polar surface area (TPSA) is 55.1 Å². The first-order valence-corrected chi connectivity index (χ1v) is 6.20. The summed E-state index contributed by atoms with van der Waals surface area (Å²) in [6.45, 7) is 7.54. The van der Waals surface area contributed by atoms with Gasteiger partial charge >= 0.3 is 0 Å². The maximum absolute atomic E-state index is 11.8. The molecule has 17 heavy (non-hydrogen) atoms. The Morgan fingerprint density at radius 1 is 1.59 bits per heavy atom.